The molecule has 0 bridgehead atoms. The Labute approximate surface area is 118 Å². The van der Waals surface area contributed by atoms with E-state index in [-0.39, 0.29) is 16.3 Å². The zero-order valence-corrected chi connectivity index (χ0v) is 11.2. The van der Waals surface area contributed by atoms with Crippen LogP contribution in [0.5, 0.6) is 5.75 Å². The lowest BCUT2D eigenvalue weighted by atomic mass is 10.0. The van der Waals surface area contributed by atoms with Gasteiger partial charge >= 0.3 is 6.36 Å². The highest BCUT2D eigenvalue weighted by molar-refractivity contribution is 6.33. The maximum atomic E-state index is 12.4. The summed E-state index contributed by atoms with van der Waals surface area (Å²) in [5.41, 5.74) is 7.62. The Morgan fingerprint density at radius 1 is 1.10 bits per heavy atom. The van der Waals surface area contributed by atoms with Crippen LogP contribution in [0, 0.1) is 6.92 Å². The van der Waals surface area contributed by atoms with Gasteiger partial charge in [-0.05, 0) is 30.7 Å². The van der Waals surface area contributed by atoms with E-state index in [2.05, 4.69) is 4.74 Å². The monoisotopic (exact) mass is 301 g/mol. The van der Waals surface area contributed by atoms with Gasteiger partial charge in [0.1, 0.15) is 5.75 Å². The number of para-hydroxylation sites is 1. The fraction of sp³-hybridized carbons (Fsp3) is 0.143. The van der Waals surface area contributed by atoms with Crippen LogP contribution in [0.4, 0.5) is 18.9 Å². The second kappa shape index (κ2) is 5.25. The molecule has 0 unspecified atom stereocenters. The Balaban J connectivity index is 2.56. The standard InChI is InChI=1S/C14H11ClF3NO/c1-8-6-10(11(15)7-12(8)19)9-4-2-3-5-13(9)20-14(16,17)18/h2-7H,19H2,1H3. The summed E-state index contributed by atoms with van der Waals surface area (Å²) in [6.07, 6.45) is -4.76. The largest absolute Gasteiger partial charge is 0.573 e. The Bertz CT molecular complexity index is 641. The van der Waals surface area contributed by atoms with E-state index in [1.807, 2.05) is 0 Å². The van der Waals surface area contributed by atoms with Gasteiger partial charge in [-0.1, -0.05) is 29.8 Å². The number of nitrogens with two attached hydrogens (primary N) is 1. The van der Waals surface area contributed by atoms with E-state index in [1.165, 1.54) is 24.3 Å². The van der Waals surface area contributed by atoms with Gasteiger partial charge in [0.15, 0.2) is 0 Å². The molecule has 2 aromatic rings. The molecule has 6 heteroatoms. The average Bonchev–Trinajstić information content (AvgIpc) is 2.33. The van der Waals surface area contributed by atoms with E-state index in [9.17, 15) is 13.2 Å². The first-order valence-corrected chi connectivity index (χ1v) is 6.06. The maximum absolute atomic E-state index is 12.4. The zero-order chi connectivity index (χ0) is 14.9. The summed E-state index contributed by atoms with van der Waals surface area (Å²) < 4.78 is 41.2. The average molecular weight is 302 g/mol. The zero-order valence-electron chi connectivity index (χ0n) is 10.5. The number of halogens is 4. The lowest BCUT2D eigenvalue weighted by Crippen LogP contribution is -2.17. The third-order valence-corrected chi connectivity index (χ3v) is 3.07. The van der Waals surface area contributed by atoms with Crippen LogP contribution < -0.4 is 10.5 Å². The molecule has 106 valence electrons. The van der Waals surface area contributed by atoms with Crippen LogP contribution in [-0.2, 0) is 0 Å². The fourth-order valence-electron chi connectivity index (χ4n) is 1.81. The molecule has 0 radical (unpaired) electrons. The maximum Gasteiger partial charge on any atom is 0.573 e. The van der Waals surface area contributed by atoms with Crippen molar-refractivity contribution in [1.29, 1.82) is 0 Å². The highest BCUT2D eigenvalue weighted by atomic mass is 35.5. The van der Waals surface area contributed by atoms with Crippen LogP contribution >= 0.6 is 11.6 Å². The van der Waals surface area contributed by atoms with Gasteiger partial charge in [0, 0.05) is 16.8 Å². The Kier molecular flexibility index (Phi) is 3.81. The number of rotatable bonds is 2. The minimum atomic E-state index is -4.76. The normalized spacial score (nSPS) is 11.4. The third-order valence-electron chi connectivity index (χ3n) is 2.76. The highest BCUT2D eigenvalue weighted by Crippen LogP contribution is 2.38. The molecule has 0 aliphatic rings. The summed E-state index contributed by atoms with van der Waals surface area (Å²) in [7, 11) is 0. The van der Waals surface area contributed by atoms with Crippen molar-refractivity contribution >= 4 is 17.3 Å². The summed E-state index contributed by atoms with van der Waals surface area (Å²) in [6.45, 7) is 1.75. The molecule has 0 fully saturated rings. The molecule has 2 aromatic carbocycles. The van der Waals surface area contributed by atoms with E-state index in [1.54, 1.807) is 19.1 Å². The minimum Gasteiger partial charge on any atom is -0.405 e. The fourth-order valence-corrected chi connectivity index (χ4v) is 2.08. The minimum absolute atomic E-state index is 0.262. The molecule has 20 heavy (non-hydrogen) atoms. The number of aryl methyl sites for hydroxylation is 1. The molecule has 2 nitrogen and oxygen atoms in total. The summed E-state index contributed by atoms with van der Waals surface area (Å²) in [4.78, 5) is 0. The number of anilines is 1. The molecule has 0 saturated carbocycles. The summed E-state index contributed by atoms with van der Waals surface area (Å²) in [6, 6.07) is 8.97. The lowest BCUT2D eigenvalue weighted by molar-refractivity contribution is -0.274. The molecule has 0 spiro atoms. The number of hydrogen-bond acceptors (Lipinski definition) is 2. The van der Waals surface area contributed by atoms with Gasteiger partial charge < -0.3 is 10.5 Å². The lowest BCUT2D eigenvalue weighted by Gasteiger charge is -2.15. The van der Waals surface area contributed by atoms with Crippen molar-refractivity contribution in [3.05, 3.63) is 47.0 Å². The summed E-state index contributed by atoms with van der Waals surface area (Å²) in [5, 5.41) is 0.270. The Morgan fingerprint density at radius 3 is 2.40 bits per heavy atom. The summed E-state index contributed by atoms with van der Waals surface area (Å²) >= 11 is 6.06. The number of benzene rings is 2. The molecule has 0 heterocycles. The second-order valence-corrected chi connectivity index (χ2v) is 4.64. The van der Waals surface area contributed by atoms with Crippen LogP contribution in [0.2, 0.25) is 5.02 Å². The van der Waals surface area contributed by atoms with Crippen LogP contribution in [0.25, 0.3) is 11.1 Å². The second-order valence-electron chi connectivity index (χ2n) is 4.23. The van der Waals surface area contributed by atoms with E-state index >= 15 is 0 Å². The van der Waals surface area contributed by atoms with Gasteiger partial charge in [-0.3, -0.25) is 0 Å². The smallest absolute Gasteiger partial charge is 0.405 e. The van der Waals surface area contributed by atoms with Gasteiger partial charge in [-0.25, -0.2) is 0 Å². The van der Waals surface area contributed by atoms with Crippen molar-refractivity contribution in [1.82, 2.24) is 0 Å². The molecule has 0 aromatic heterocycles. The first kappa shape index (κ1) is 14.5. The number of nitrogen functional groups attached to an aromatic ring is 1. The number of alkyl halides is 3. The molecular formula is C14H11ClF3NO. The topological polar surface area (TPSA) is 35.2 Å². The van der Waals surface area contributed by atoms with E-state index in [0.717, 1.165) is 5.56 Å². The van der Waals surface area contributed by atoms with Crippen molar-refractivity contribution in [3.8, 4) is 16.9 Å². The molecular weight excluding hydrogens is 291 g/mol. The Morgan fingerprint density at radius 2 is 1.75 bits per heavy atom. The van der Waals surface area contributed by atoms with E-state index < -0.39 is 6.36 Å². The SMILES string of the molecule is Cc1cc(-c2ccccc2OC(F)(F)F)c(Cl)cc1N. The molecule has 0 amide bonds. The first-order valence-electron chi connectivity index (χ1n) is 5.68. The third kappa shape index (κ3) is 3.17. The van der Waals surface area contributed by atoms with Crippen LogP contribution in [0.15, 0.2) is 36.4 Å². The molecule has 0 saturated heterocycles. The molecule has 0 aliphatic heterocycles. The quantitative estimate of drug-likeness (QED) is 0.809. The first-order chi connectivity index (χ1) is 9.28. The van der Waals surface area contributed by atoms with Crippen molar-refractivity contribution in [2.75, 3.05) is 5.73 Å². The van der Waals surface area contributed by atoms with Crippen molar-refractivity contribution < 1.29 is 17.9 Å². The van der Waals surface area contributed by atoms with Crippen molar-refractivity contribution in [2.24, 2.45) is 0 Å². The number of ether oxygens (including phenoxy) is 1. The van der Waals surface area contributed by atoms with Crippen LogP contribution in [0.1, 0.15) is 5.56 Å². The van der Waals surface area contributed by atoms with Crippen LogP contribution in [-0.4, -0.2) is 6.36 Å². The van der Waals surface area contributed by atoms with Gasteiger partial charge in [-0.2, -0.15) is 0 Å². The predicted octanol–water partition coefficient (Wildman–Crippen LogP) is 4.80. The molecule has 0 aliphatic carbocycles. The highest BCUT2D eigenvalue weighted by Gasteiger charge is 2.32. The van der Waals surface area contributed by atoms with Gasteiger partial charge in [0.05, 0.1) is 5.02 Å². The van der Waals surface area contributed by atoms with Gasteiger partial charge in [0.25, 0.3) is 0 Å². The molecule has 2 rings (SSSR count). The molecule has 2 N–H and O–H groups in total. The predicted molar refractivity (Wildman–Crippen MR) is 72.7 cm³/mol. The van der Waals surface area contributed by atoms with Crippen molar-refractivity contribution in [2.45, 2.75) is 13.3 Å². The van der Waals surface area contributed by atoms with E-state index in [0.29, 0.717) is 11.3 Å². The van der Waals surface area contributed by atoms with Gasteiger partial charge in [0.2, 0.25) is 0 Å². The number of hydrogen-bond donors (Lipinski definition) is 1. The van der Waals surface area contributed by atoms with E-state index in [4.69, 9.17) is 17.3 Å². The van der Waals surface area contributed by atoms with Gasteiger partial charge in [-0.15, -0.1) is 13.2 Å². The summed E-state index contributed by atoms with van der Waals surface area (Å²) in [5.74, 6) is -0.300. The Hall–Kier alpha value is -1.88. The van der Waals surface area contributed by atoms with Crippen LogP contribution in [0.3, 0.4) is 0 Å². The molecule has 0 atom stereocenters. The van der Waals surface area contributed by atoms with Crippen molar-refractivity contribution in [3.63, 3.8) is 0 Å².